The van der Waals surface area contributed by atoms with Crippen LogP contribution in [0.5, 0.6) is 0 Å². The average Bonchev–Trinajstić information content (AvgIpc) is 2.87. The van der Waals surface area contributed by atoms with Gasteiger partial charge in [0, 0.05) is 13.0 Å². The van der Waals surface area contributed by atoms with Gasteiger partial charge in [-0.15, -0.1) is 0 Å². The summed E-state index contributed by atoms with van der Waals surface area (Å²) in [7, 11) is 0. The van der Waals surface area contributed by atoms with Crippen molar-refractivity contribution in [2.45, 2.75) is 63.7 Å². The molecule has 1 rings (SSSR count). The van der Waals surface area contributed by atoms with E-state index in [0.29, 0.717) is 12.2 Å². The van der Waals surface area contributed by atoms with Crippen molar-refractivity contribution in [2.24, 2.45) is 28.1 Å². The molecule has 4 atom stereocenters. The van der Waals surface area contributed by atoms with E-state index >= 15 is 0 Å². The van der Waals surface area contributed by atoms with Crippen LogP contribution in [0.4, 0.5) is 0 Å². The van der Waals surface area contributed by atoms with E-state index < -0.39 is 47.9 Å². The zero-order valence-electron chi connectivity index (χ0n) is 22.2. The van der Waals surface area contributed by atoms with E-state index in [1.165, 1.54) is 11.8 Å². The van der Waals surface area contributed by atoms with Crippen LogP contribution in [0.2, 0.25) is 0 Å². The van der Waals surface area contributed by atoms with Crippen LogP contribution in [0, 0.1) is 5.92 Å². The van der Waals surface area contributed by atoms with E-state index in [1.807, 2.05) is 36.6 Å². The lowest BCUT2D eigenvalue weighted by molar-refractivity contribution is -0.142. The number of thioether (sulfide) groups is 1. The molecule has 12 nitrogen and oxygen atoms in total. The summed E-state index contributed by atoms with van der Waals surface area (Å²) < 4.78 is 0. The Hall–Kier alpha value is -3.32. The second-order valence-corrected chi connectivity index (χ2v) is 10.2. The van der Waals surface area contributed by atoms with Gasteiger partial charge < -0.3 is 38.3 Å². The molecule has 0 fully saturated rings. The number of aliphatic carboxylic acids is 1. The minimum atomic E-state index is -1.17. The molecule has 13 heteroatoms. The number of nitrogens with zero attached hydrogens (tertiary/aromatic N) is 1. The fraction of sp³-hybridized carbons (Fsp3) is 0.560. The quantitative estimate of drug-likeness (QED) is 0.0757. The number of nitrogens with two attached hydrogens (primary N) is 3. The third kappa shape index (κ3) is 12.3. The molecule has 10 N–H and O–H groups in total. The van der Waals surface area contributed by atoms with Crippen molar-refractivity contribution >= 4 is 41.4 Å². The van der Waals surface area contributed by atoms with Gasteiger partial charge in [-0.3, -0.25) is 19.4 Å². The molecule has 0 aromatic heterocycles. The molecule has 1 aromatic carbocycles. The van der Waals surface area contributed by atoms with Crippen LogP contribution in [0.3, 0.4) is 0 Å². The largest absolute Gasteiger partial charge is 0.480 e. The van der Waals surface area contributed by atoms with Gasteiger partial charge in [0.2, 0.25) is 17.7 Å². The molecule has 0 aliphatic heterocycles. The number of hydrogen-bond acceptors (Lipinski definition) is 7. The summed E-state index contributed by atoms with van der Waals surface area (Å²) in [4.78, 5) is 54.7. The third-order valence-electron chi connectivity index (χ3n) is 5.74. The number of carboxylic acids is 1. The zero-order chi connectivity index (χ0) is 28.7. The molecule has 0 saturated carbocycles. The number of amides is 3. The van der Waals surface area contributed by atoms with Crippen LogP contribution in [-0.2, 0) is 25.6 Å². The topological polar surface area (TPSA) is 215 Å². The monoisotopic (exact) mass is 551 g/mol. The molecule has 0 aliphatic carbocycles. The van der Waals surface area contributed by atoms with Crippen molar-refractivity contribution in [3.63, 3.8) is 0 Å². The lowest BCUT2D eigenvalue weighted by Crippen LogP contribution is -2.58. The number of rotatable bonds is 17. The molecule has 1 aromatic rings. The van der Waals surface area contributed by atoms with Crippen molar-refractivity contribution in [2.75, 3.05) is 18.6 Å². The molecular formula is C25H41N7O5S. The first kappa shape index (κ1) is 32.7. The smallest absolute Gasteiger partial charge is 0.326 e. The summed E-state index contributed by atoms with van der Waals surface area (Å²) in [6, 6.07) is 5.05. The van der Waals surface area contributed by atoms with E-state index in [1.54, 1.807) is 13.8 Å². The molecule has 0 saturated heterocycles. The number of carbonyl (C=O) groups excluding carboxylic acids is 3. The molecule has 0 bridgehead atoms. The van der Waals surface area contributed by atoms with Crippen LogP contribution in [0.25, 0.3) is 0 Å². The van der Waals surface area contributed by atoms with E-state index in [4.69, 9.17) is 17.2 Å². The van der Waals surface area contributed by atoms with Gasteiger partial charge >= 0.3 is 5.97 Å². The number of aliphatic imine (C=N–C) groups is 1. The van der Waals surface area contributed by atoms with Crippen LogP contribution in [0.15, 0.2) is 35.3 Å². The van der Waals surface area contributed by atoms with Gasteiger partial charge in [-0.2, -0.15) is 11.8 Å². The first-order valence-corrected chi connectivity index (χ1v) is 13.8. The third-order valence-corrected chi connectivity index (χ3v) is 6.38. The van der Waals surface area contributed by atoms with Gasteiger partial charge in [0.1, 0.15) is 18.1 Å². The SMILES string of the molecule is CSCCC(NC(=O)C(CCCN=C(N)N)NC(=O)C(Cc1ccccc1)NC(=O)C(N)C(C)C)C(=O)O. The van der Waals surface area contributed by atoms with Crippen LogP contribution in [-0.4, -0.2) is 77.5 Å². The first-order chi connectivity index (χ1) is 18.0. The lowest BCUT2D eigenvalue weighted by atomic mass is 10.0. The molecule has 38 heavy (non-hydrogen) atoms. The minimum Gasteiger partial charge on any atom is -0.480 e. The van der Waals surface area contributed by atoms with Gasteiger partial charge in [-0.05, 0) is 42.8 Å². The van der Waals surface area contributed by atoms with E-state index in [0.717, 1.165) is 5.56 Å². The summed E-state index contributed by atoms with van der Waals surface area (Å²) >= 11 is 1.45. The van der Waals surface area contributed by atoms with Crippen molar-refractivity contribution < 1.29 is 24.3 Å². The van der Waals surface area contributed by atoms with Crippen molar-refractivity contribution in [1.29, 1.82) is 0 Å². The maximum atomic E-state index is 13.4. The Morgan fingerprint density at radius 1 is 0.921 bits per heavy atom. The zero-order valence-corrected chi connectivity index (χ0v) is 23.0. The van der Waals surface area contributed by atoms with Crippen LogP contribution >= 0.6 is 11.8 Å². The van der Waals surface area contributed by atoms with Gasteiger partial charge in [0.15, 0.2) is 5.96 Å². The van der Waals surface area contributed by atoms with Gasteiger partial charge in [-0.1, -0.05) is 44.2 Å². The number of nitrogens with one attached hydrogen (secondary N) is 3. The number of benzene rings is 1. The summed E-state index contributed by atoms with van der Waals surface area (Å²) in [6.07, 6.45) is 2.70. The van der Waals surface area contributed by atoms with Gasteiger partial charge in [0.05, 0.1) is 6.04 Å². The van der Waals surface area contributed by atoms with Crippen LogP contribution < -0.4 is 33.2 Å². The summed E-state index contributed by atoms with van der Waals surface area (Å²) in [5.41, 5.74) is 17.5. The van der Waals surface area contributed by atoms with Crippen molar-refractivity contribution in [3.8, 4) is 0 Å². The first-order valence-electron chi connectivity index (χ1n) is 12.4. The molecule has 0 spiro atoms. The summed E-state index contributed by atoms with van der Waals surface area (Å²) in [6.45, 7) is 3.80. The highest BCUT2D eigenvalue weighted by Crippen LogP contribution is 2.08. The van der Waals surface area contributed by atoms with E-state index in [9.17, 15) is 24.3 Å². The van der Waals surface area contributed by atoms with Crippen molar-refractivity contribution in [1.82, 2.24) is 16.0 Å². The molecular weight excluding hydrogens is 510 g/mol. The second-order valence-electron chi connectivity index (χ2n) is 9.21. The Labute approximate surface area is 227 Å². The standard InChI is InChI=1S/C25H41N7O5S/c1-15(2)20(26)23(35)32-19(14-16-8-5-4-6-9-16)22(34)30-17(10-7-12-29-25(27)28)21(33)31-18(24(36)37)11-13-38-3/h4-6,8-9,15,17-20H,7,10-14,26H2,1-3H3,(H,30,34)(H,31,33)(H,32,35)(H,36,37)(H4,27,28,29). The maximum absolute atomic E-state index is 13.4. The highest BCUT2D eigenvalue weighted by Gasteiger charge is 2.30. The molecule has 0 aliphatic rings. The number of carbonyl (C=O) groups is 4. The summed E-state index contributed by atoms with van der Waals surface area (Å²) in [5.74, 6) is -2.65. The summed E-state index contributed by atoms with van der Waals surface area (Å²) in [5, 5.41) is 17.4. The molecule has 0 heterocycles. The van der Waals surface area contributed by atoms with Gasteiger partial charge in [0.25, 0.3) is 0 Å². The molecule has 0 radical (unpaired) electrons. The lowest BCUT2D eigenvalue weighted by Gasteiger charge is -2.26. The fourth-order valence-corrected chi connectivity index (χ4v) is 3.91. The van der Waals surface area contributed by atoms with Gasteiger partial charge in [-0.25, -0.2) is 4.79 Å². The molecule has 212 valence electrons. The predicted molar refractivity (Wildman–Crippen MR) is 149 cm³/mol. The highest BCUT2D eigenvalue weighted by molar-refractivity contribution is 7.98. The Kier molecular flexibility index (Phi) is 14.8. The number of hydrogen-bond donors (Lipinski definition) is 7. The van der Waals surface area contributed by atoms with E-state index in [2.05, 4.69) is 20.9 Å². The maximum Gasteiger partial charge on any atom is 0.326 e. The molecule has 3 amide bonds. The Morgan fingerprint density at radius 2 is 1.50 bits per heavy atom. The fourth-order valence-electron chi connectivity index (χ4n) is 3.44. The van der Waals surface area contributed by atoms with Crippen molar-refractivity contribution in [3.05, 3.63) is 35.9 Å². The normalized spacial score (nSPS) is 14.0. The average molecular weight is 552 g/mol. The predicted octanol–water partition coefficient (Wildman–Crippen LogP) is -0.442. The second kappa shape index (κ2) is 17.2. The van der Waals surface area contributed by atoms with E-state index in [-0.39, 0.29) is 37.7 Å². The minimum absolute atomic E-state index is 0.106. The Morgan fingerprint density at radius 3 is 2.05 bits per heavy atom. The highest BCUT2D eigenvalue weighted by atomic mass is 32.2. The number of carboxylic acid groups (broad SMARTS) is 1. The Balaban J connectivity index is 3.13. The number of guanidine groups is 1. The Bertz CT molecular complexity index is 941. The molecule has 4 unspecified atom stereocenters. The van der Waals surface area contributed by atoms with Crippen LogP contribution in [0.1, 0.15) is 38.7 Å².